The number of hydrogen-bond acceptors (Lipinski definition) is 6. The predicted molar refractivity (Wildman–Crippen MR) is 107 cm³/mol. The highest BCUT2D eigenvalue weighted by Gasteiger charge is 2.20. The van der Waals surface area contributed by atoms with Gasteiger partial charge in [-0.05, 0) is 18.2 Å². The Balaban J connectivity index is 1.71. The number of hydrogen-bond donors (Lipinski definition) is 2. The van der Waals surface area contributed by atoms with E-state index in [1.807, 2.05) is 0 Å². The summed E-state index contributed by atoms with van der Waals surface area (Å²) in [5.74, 6) is -0.158. The Morgan fingerprint density at radius 3 is 2.31 bits per heavy atom. The van der Waals surface area contributed by atoms with Gasteiger partial charge in [-0.15, -0.1) is 0 Å². The summed E-state index contributed by atoms with van der Waals surface area (Å²) in [5.41, 5.74) is 1.52. The van der Waals surface area contributed by atoms with Crippen molar-refractivity contribution in [1.82, 2.24) is 19.7 Å². The van der Waals surface area contributed by atoms with Crippen LogP contribution < -0.4 is 10.0 Å². The Kier molecular flexibility index (Phi) is 4.85. The van der Waals surface area contributed by atoms with Crippen LogP contribution in [0.25, 0.3) is 11.0 Å². The molecule has 2 N–H and O–H groups in total. The summed E-state index contributed by atoms with van der Waals surface area (Å²) in [4.78, 5) is 8.85. The molecule has 0 amide bonds. The molecule has 0 atom stereocenters. The van der Waals surface area contributed by atoms with Crippen LogP contribution in [0.1, 0.15) is 5.56 Å². The van der Waals surface area contributed by atoms with Crippen LogP contribution in [0.3, 0.4) is 0 Å². The molecule has 0 aliphatic heterocycles. The second kappa shape index (κ2) is 7.47. The van der Waals surface area contributed by atoms with E-state index in [-0.39, 0.29) is 28.9 Å². The molecular weight excluding hydrogens is 395 g/mol. The van der Waals surface area contributed by atoms with Crippen molar-refractivity contribution < 1.29 is 12.8 Å². The molecule has 0 fully saturated rings. The second-order valence-corrected chi connectivity index (χ2v) is 7.99. The fourth-order valence-electron chi connectivity index (χ4n) is 2.74. The van der Waals surface area contributed by atoms with Crippen LogP contribution in [0.15, 0.2) is 65.8 Å². The maximum atomic E-state index is 13.9. The molecular formula is C19H17FN6O2S. The smallest absolute Gasteiger partial charge is 0.266 e. The molecule has 0 aliphatic carbocycles. The monoisotopic (exact) mass is 412 g/mol. The van der Waals surface area contributed by atoms with Crippen molar-refractivity contribution in [2.75, 3.05) is 10.0 Å². The Labute approximate surface area is 166 Å². The summed E-state index contributed by atoms with van der Waals surface area (Å²) in [6.07, 6.45) is 2.62. The molecule has 4 aromatic rings. The first-order valence-corrected chi connectivity index (χ1v) is 10.2. The SMILES string of the molecule is Cn1cc(S(=O)(=O)Nc2nc3ccccc3nc2NCc2ccccc2F)cn1. The summed E-state index contributed by atoms with van der Waals surface area (Å²) in [6.45, 7) is 0.112. The van der Waals surface area contributed by atoms with Crippen LogP contribution in [0.2, 0.25) is 0 Å². The summed E-state index contributed by atoms with van der Waals surface area (Å²) in [7, 11) is -2.30. The minimum atomic E-state index is -3.92. The van der Waals surface area contributed by atoms with Crippen LogP contribution in [0.4, 0.5) is 16.0 Å². The molecule has 0 saturated carbocycles. The molecule has 0 saturated heterocycles. The van der Waals surface area contributed by atoms with Crippen molar-refractivity contribution in [2.45, 2.75) is 11.4 Å². The Morgan fingerprint density at radius 2 is 1.66 bits per heavy atom. The highest BCUT2D eigenvalue weighted by Crippen LogP contribution is 2.25. The quantitative estimate of drug-likeness (QED) is 0.505. The van der Waals surface area contributed by atoms with Gasteiger partial charge in [-0.3, -0.25) is 9.40 Å². The minimum Gasteiger partial charge on any atom is -0.363 e. The number of nitrogens with zero attached hydrogens (tertiary/aromatic N) is 4. The van der Waals surface area contributed by atoms with Crippen molar-refractivity contribution in [1.29, 1.82) is 0 Å². The number of benzene rings is 2. The van der Waals surface area contributed by atoms with Gasteiger partial charge in [0.1, 0.15) is 10.7 Å². The maximum Gasteiger partial charge on any atom is 0.266 e. The average Bonchev–Trinajstić information content (AvgIpc) is 3.14. The van der Waals surface area contributed by atoms with Gasteiger partial charge in [0, 0.05) is 25.4 Å². The van der Waals surface area contributed by atoms with E-state index >= 15 is 0 Å². The number of aryl methyl sites for hydroxylation is 1. The normalized spacial score (nSPS) is 11.5. The van der Waals surface area contributed by atoms with Gasteiger partial charge in [-0.1, -0.05) is 30.3 Å². The highest BCUT2D eigenvalue weighted by molar-refractivity contribution is 7.92. The Morgan fingerprint density at radius 1 is 1.00 bits per heavy atom. The average molecular weight is 412 g/mol. The van der Waals surface area contributed by atoms with E-state index in [2.05, 4.69) is 25.1 Å². The van der Waals surface area contributed by atoms with Crippen LogP contribution in [-0.4, -0.2) is 28.2 Å². The van der Waals surface area contributed by atoms with E-state index in [1.54, 1.807) is 49.5 Å². The number of aromatic nitrogens is 4. The largest absolute Gasteiger partial charge is 0.363 e. The third kappa shape index (κ3) is 4.02. The zero-order chi connectivity index (χ0) is 20.4. The van der Waals surface area contributed by atoms with E-state index < -0.39 is 10.0 Å². The lowest BCUT2D eigenvalue weighted by atomic mass is 10.2. The van der Waals surface area contributed by atoms with Crippen LogP contribution >= 0.6 is 0 Å². The topological polar surface area (TPSA) is 102 Å². The summed E-state index contributed by atoms with van der Waals surface area (Å²) >= 11 is 0. The first-order chi connectivity index (χ1) is 13.9. The van der Waals surface area contributed by atoms with E-state index in [4.69, 9.17) is 0 Å². The van der Waals surface area contributed by atoms with Crippen LogP contribution in [0.5, 0.6) is 0 Å². The van der Waals surface area contributed by atoms with Gasteiger partial charge in [0.05, 0.1) is 17.2 Å². The molecule has 4 rings (SSSR count). The Hall–Kier alpha value is -3.53. The van der Waals surface area contributed by atoms with Gasteiger partial charge in [-0.2, -0.15) is 5.10 Å². The van der Waals surface area contributed by atoms with E-state index in [0.29, 0.717) is 16.6 Å². The summed E-state index contributed by atoms with van der Waals surface area (Å²) in [5, 5.41) is 6.87. The maximum absolute atomic E-state index is 13.9. The van der Waals surface area contributed by atoms with Crippen molar-refractivity contribution in [3.8, 4) is 0 Å². The fraction of sp³-hybridized carbons (Fsp3) is 0.105. The van der Waals surface area contributed by atoms with Gasteiger partial charge in [0.25, 0.3) is 10.0 Å². The Bertz CT molecular complexity index is 1290. The highest BCUT2D eigenvalue weighted by atomic mass is 32.2. The van der Waals surface area contributed by atoms with Crippen molar-refractivity contribution in [3.05, 3.63) is 72.3 Å². The predicted octanol–water partition coefficient (Wildman–Crippen LogP) is 2.92. The van der Waals surface area contributed by atoms with Crippen LogP contribution in [0, 0.1) is 5.82 Å². The van der Waals surface area contributed by atoms with Crippen LogP contribution in [-0.2, 0) is 23.6 Å². The lowest BCUT2D eigenvalue weighted by Crippen LogP contribution is -2.16. The van der Waals surface area contributed by atoms with Gasteiger partial charge >= 0.3 is 0 Å². The first kappa shape index (κ1) is 18.8. The number of halogens is 1. The molecule has 2 aromatic carbocycles. The lowest BCUT2D eigenvalue weighted by molar-refractivity contribution is 0.600. The molecule has 29 heavy (non-hydrogen) atoms. The summed E-state index contributed by atoms with van der Waals surface area (Å²) in [6, 6.07) is 13.4. The first-order valence-electron chi connectivity index (χ1n) is 8.68. The molecule has 0 aliphatic rings. The van der Waals surface area contributed by atoms with Crippen molar-refractivity contribution in [3.63, 3.8) is 0 Å². The third-order valence-electron chi connectivity index (χ3n) is 4.20. The van der Waals surface area contributed by atoms with Gasteiger partial charge in [-0.25, -0.2) is 22.8 Å². The molecule has 0 radical (unpaired) electrons. The number of para-hydroxylation sites is 2. The fourth-order valence-corrected chi connectivity index (χ4v) is 3.73. The number of anilines is 2. The molecule has 0 spiro atoms. The molecule has 0 bridgehead atoms. The molecule has 2 aromatic heterocycles. The zero-order valence-corrected chi connectivity index (χ0v) is 16.2. The zero-order valence-electron chi connectivity index (χ0n) is 15.4. The molecule has 8 nitrogen and oxygen atoms in total. The molecule has 0 unspecified atom stereocenters. The number of fused-ring (bicyclic) bond motifs is 1. The van der Waals surface area contributed by atoms with E-state index in [9.17, 15) is 12.8 Å². The van der Waals surface area contributed by atoms with Gasteiger partial charge in [0.2, 0.25) is 0 Å². The molecule has 2 heterocycles. The van der Waals surface area contributed by atoms with Gasteiger partial charge < -0.3 is 5.32 Å². The number of rotatable bonds is 6. The number of sulfonamides is 1. The third-order valence-corrected chi connectivity index (χ3v) is 5.49. The molecule has 10 heteroatoms. The van der Waals surface area contributed by atoms with E-state index in [1.165, 1.54) is 23.1 Å². The minimum absolute atomic E-state index is 0.00462. The second-order valence-electron chi connectivity index (χ2n) is 6.31. The van der Waals surface area contributed by atoms with Crippen molar-refractivity contribution >= 4 is 32.7 Å². The van der Waals surface area contributed by atoms with E-state index in [0.717, 1.165) is 0 Å². The molecule has 148 valence electrons. The lowest BCUT2D eigenvalue weighted by Gasteiger charge is -2.13. The van der Waals surface area contributed by atoms with Gasteiger partial charge in [0.15, 0.2) is 11.6 Å². The standard InChI is InChI=1S/C19H17FN6O2S/c1-26-12-14(11-22-26)29(27,28)25-19-18(21-10-13-6-2-3-7-15(13)20)23-16-8-4-5-9-17(16)24-19/h2-9,11-12H,10H2,1H3,(H,21,23)(H,24,25). The van der Waals surface area contributed by atoms with Crippen molar-refractivity contribution in [2.24, 2.45) is 7.05 Å². The number of nitrogens with one attached hydrogen (secondary N) is 2. The summed E-state index contributed by atoms with van der Waals surface area (Å²) < 4.78 is 43.2.